The third-order valence-electron chi connectivity index (χ3n) is 2.38. The van der Waals surface area contributed by atoms with Crippen LogP contribution in [0.15, 0.2) is 47.4 Å². The average molecular weight is 294 g/mol. The molecule has 1 aromatic carbocycles. The number of benzene rings is 1. The normalized spacial score (nSPS) is 10.8. The molecule has 0 fully saturated rings. The standard InChI is InChI=1S/C14H9Cl2NO2/c15-11-5-9(6-12(16)7-11)1-3-13(18)10-2-4-14(19)17-8-10/h1-8H,(H,17,19)/b3-1+. The highest BCUT2D eigenvalue weighted by Crippen LogP contribution is 2.20. The number of H-pyrrole nitrogens is 1. The molecule has 0 saturated heterocycles. The SMILES string of the molecule is O=C(/C=C/c1cc(Cl)cc(Cl)c1)c1ccc(=O)[nH]c1. The average Bonchev–Trinajstić information content (AvgIpc) is 2.36. The summed E-state index contributed by atoms with van der Waals surface area (Å²) in [5.41, 5.74) is 0.890. The monoisotopic (exact) mass is 293 g/mol. The molecular weight excluding hydrogens is 285 g/mol. The van der Waals surface area contributed by atoms with Gasteiger partial charge in [0.25, 0.3) is 0 Å². The zero-order valence-corrected chi connectivity index (χ0v) is 11.2. The Labute approximate surface area is 119 Å². The van der Waals surface area contributed by atoms with Crippen LogP contribution in [-0.4, -0.2) is 10.8 Å². The predicted molar refractivity (Wildman–Crippen MR) is 76.9 cm³/mol. The molecule has 0 aliphatic rings. The number of pyridine rings is 1. The highest BCUT2D eigenvalue weighted by molar-refractivity contribution is 6.34. The van der Waals surface area contributed by atoms with Crippen LogP contribution in [0.5, 0.6) is 0 Å². The molecule has 0 saturated carbocycles. The number of halogens is 2. The number of hydrogen-bond donors (Lipinski definition) is 1. The molecule has 1 N–H and O–H groups in total. The molecule has 96 valence electrons. The summed E-state index contributed by atoms with van der Waals surface area (Å²) in [5, 5.41) is 1.01. The number of nitrogens with one attached hydrogen (secondary N) is 1. The summed E-state index contributed by atoms with van der Waals surface area (Å²) in [6.45, 7) is 0. The first-order chi connectivity index (χ1) is 9.04. The topological polar surface area (TPSA) is 49.9 Å². The molecule has 0 aliphatic heterocycles. The second kappa shape index (κ2) is 5.87. The van der Waals surface area contributed by atoms with Gasteiger partial charge in [-0.1, -0.05) is 29.3 Å². The summed E-state index contributed by atoms with van der Waals surface area (Å²) in [4.78, 5) is 25.2. The molecule has 3 nitrogen and oxygen atoms in total. The Morgan fingerprint density at radius 2 is 1.79 bits per heavy atom. The number of rotatable bonds is 3. The van der Waals surface area contributed by atoms with Crippen LogP contribution in [0.2, 0.25) is 10.0 Å². The predicted octanol–water partition coefficient (Wildman–Crippen LogP) is 3.58. The van der Waals surface area contributed by atoms with Crippen molar-refractivity contribution in [3.8, 4) is 0 Å². The van der Waals surface area contributed by atoms with Gasteiger partial charge < -0.3 is 4.98 Å². The molecule has 1 heterocycles. The van der Waals surface area contributed by atoms with Crippen LogP contribution in [-0.2, 0) is 0 Å². The van der Waals surface area contributed by atoms with Crippen LogP contribution in [0.3, 0.4) is 0 Å². The van der Waals surface area contributed by atoms with E-state index < -0.39 is 0 Å². The Bertz CT molecular complexity index is 664. The number of aromatic nitrogens is 1. The van der Waals surface area contributed by atoms with Crippen molar-refractivity contribution in [2.75, 3.05) is 0 Å². The summed E-state index contributed by atoms with van der Waals surface area (Å²) in [7, 11) is 0. The lowest BCUT2D eigenvalue weighted by molar-refractivity contribution is 0.104. The van der Waals surface area contributed by atoms with Gasteiger partial charge in [0, 0.05) is 27.9 Å². The van der Waals surface area contributed by atoms with Gasteiger partial charge in [0.05, 0.1) is 0 Å². The van der Waals surface area contributed by atoms with Crippen LogP contribution in [0.4, 0.5) is 0 Å². The van der Waals surface area contributed by atoms with Gasteiger partial charge in [0.1, 0.15) is 0 Å². The van der Waals surface area contributed by atoms with Crippen molar-refractivity contribution in [1.29, 1.82) is 0 Å². The zero-order valence-electron chi connectivity index (χ0n) is 9.69. The zero-order chi connectivity index (χ0) is 13.8. The number of ketones is 1. The molecular formula is C14H9Cl2NO2. The van der Waals surface area contributed by atoms with Crippen molar-refractivity contribution in [2.24, 2.45) is 0 Å². The molecule has 19 heavy (non-hydrogen) atoms. The Morgan fingerprint density at radius 3 is 2.37 bits per heavy atom. The first-order valence-corrected chi connectivity index (χ1v) is 6.17. The van der Waals surface area contributed by atoms with Crippen molar-refractivity contribution < 1.29 is 4.79 Å². The van der Waals surface area contributed by atoms with E-state index in [4.69, 9.17) is 23.2 Å². The largest absolute Gasteiger partial charge is 0.328 e. The summed E-state index contributed by atoms with van der Waals surface area (Å²) >= 11 is 11.7. The van der Waals surface area contributed by atoms with Crippen LogP contribution < -0.4 is 5.56 Å². The van der Waals surface area contributed by atoms with Gasteiger partial charge in [0.2, 0.25) is 5.56 Å². The lowest BCUT2D eigenvalue weighted by Crippen LogP contribution is -2.05. The lowest BCUT2D eigenvalue weighted by Gasteiger charge is -1.97. The van der Waals surface area contributed by atoms with Gasteiger partial charge in [-0.2, -0.15) is 0 Å². The van der Waals surface area contributed by atoms with Gasteiger partial charge in [-0.25, -0.2) is 0 Å². The first kappa shape index (κ1) is 13.6. The van der Waals surface area contributed by atoms with E-state index in [-0.39, 0.29) is 11.3 Å². The maximum Gasteiger partial charge on any atom is 0.247 e. The van der Waals surface area contributed by atoms with Gasteiger partial charge in [-0.05, 0) is 35.9 Å². The molecule has 0 unspecified atom stereocenters. The molecule has 0 aliphatic carbocycles. The molecule has 0 atom stereocenters. The van der Waals surface area contributed by atoms with Gasteiger partial charge in [-0.3, -0.25) is 9.59 Å². The number of allylic oxidation sites excluding steroid dienone is 1. The highest BCUT2D eigenvalue weighted by Gasteiger charge is 2.01. The first-order valence-electron chi connectivity index (χ1n) is 5.42. The fraction of sp³-hybridized carbons (Fsp3) is 0. The van der Waals surface area contributed by atoms with E-state index >= 15 is 0 Å². The molecule has 2 rings (SSSR count). The van der Waals surface area contributed by atoms with Crippen LogP contribution in [0.1, 0.15) is 15.9 Å². The lowest BCUT2D eigenvalue weighted by atomic mass is 10.1. The summed E-state index contributed by atoms with van der Waals surface area (Å²) in [6.07, 6.45) is 4.39. The minimum absolute atomic E-state index is 0.215. The molecule has 0 bridgehead atoms. The second-order valence-electron chi connectivity index (χ2n) is 3.84. The van der Waals surface area contributed by atoms with Gasteiger partial charge in [0.15, 0.2) is 5.78 Å². The fourth-order valence-electron chi connectivity index (χ4n) is 1.50. The summed E-state index contributed by atoms with van der Waals surface area (Å²) < 4.78 is 0. The van der Waals surface area contributed by atoms with E-state index in [1.165, 1.54) is 24.4 Å². The van der Waals surface area contributed by atoms with Crippen LogP contribution in [0, 0.1) is 0 Å². The quantitative estimate of drug-likeness (QED) is 0.695. The summed E-state index contributed by atoms with van der Waals surface area (Å²) in [5.74, 6) is -0.215. The van der Waals surface area contributed by atoms with Crippen molar-refractivity contribution >= 4 is 35.1 Å². The number of hydrogen-bond acceptors (Lipinski definition) is 2. The third-order valence-corrected chi connectivity index (χ3v) is 2.82. The van der Waals surface area contributed by atoms with Crippen LogP contribution >= 0.6 is 23.2 Å². The maximum atomic E-state index is 11.8. The fourth-order valence-corrected chi connectivity index (χ4v) is 2.05. The van der Waals surface area contributed by atoms with E-state index in [9.17, 15) is 9.59 Å². The minimum atomic E-state index is -0.248. The Balaban J connectivity index is 2.20. The van der Waals surface area contributed by atoms with Crippen molar-refractivity contribution in [3.63, 3.8) is 0 Å². The molecule has 5 heteroatoms. The second-order valence-corrected chi connectivity index (χ2v) is 4.71. The molecule has 0 radical (unpaired) electrons. The van der Waals surface area contributed by atoms with E-state index in [1.807, 2.05) is 0 Å². The van der Waals surface area contributed by atoms with Crippen molar-refractivity contribution in [1.82, 2.24) is 4.98 Å². The molecule has 0 spiro atoms. The number of carbonyl (C=O) groups excluding carboxylic acids is 1. The third kappa shape index (κ3) is 3.81. The number of aromatic amines is 1. The Hall–Kier alpha value is -1.84. The Kier molecular flexibility index (Phi) is 4.20. The van der Waals surface area contributed by atoms with Crippen molar-refractivity contribution in [3.05, 3.63) is 74.1 Å². The van der Waals surface area contributed by atoms with E-state index in [0.29, 0.717) is 15.6 Å². The smallest absolute Gasteiger partial charge is 0.247 e. The molecule has 1 aromatic heterocycles. The van der Waals surface area contributed by atoms with E-state index in [2.05, 4.69) is 4.98 Å². The van der Waals surface area contributed by atoms with Gasteiger partial charge >= 0.3 is 0 Å². The minimum Gasteiger partial charge on any atom is -0.328 e. The van der Waals surface area contributed by atoms with E-state index in [0.717, 1.165) is 5.56 Å². The molecule has 0 amide bonds. The Morgan fingerprint density at radius 1 is 1.11 bits per heavy atom. The van der Waals surface area contributed by atoms with Crippen LogP contribution in [0.25, 0.3) is 6.08 Å². The molecule has 2 aromatic rings. The van der Waals surface area contributed by atoms with E-state index in [1.54, 1.807) is 24.3 Å². The maximum absolute atomic E-state index is 11.8. The summed E-state index contributed by atoms with van der Waals surface area (Å²) in [6, 6.07) is 7.78. The van der Waals surface area contributed by atoms with Gasteiger partial charge in [-0.15, -0.1) is 0 Å². The van der Waals surface area contributed by atoms with Crippen molar-refractivity contribution in [2.45, 2.75) is 0 Å². The number of carbonyl (C=O) groups is 1. The highest BCUT2D eigenvalue weighted by atomic mass is 35.5.